The summed E-state index contributed by atoms with van der Waals surface area (Å²) in [5.74, 6) is -1.20. The highest BCUT2D eigenvalue weighted by Crippen LogP contribution is 2.25. The molecule has 0 unspecified atom stereocenters. The molecular formula is C19H19ClN4O5. The third kappa shape index (κ3) is 3.91. The Morgan fingerprint density at radius 1 is 1.00 bits per heavy atom. The van der Waals surface area contributed by atoms with Gasteiger partial charge in [-0.3, -0.25) is 19.7 Å². The van der Waals surface area contributed by atoms with E-state index < -0.39 is 16.7 Å². The van der Waals surface area contributed by atoms with Crippen LogP contribution in [0.1, 0.15) is 10.6 Å². The van der Waals surface area contributed by atoms with Crippen LogP contribution < -0.4 is 4.90 Å². The van der Waals surface area contributed by atoms with Gasteiger partial charge in [0.15, 0.2) is 5.76 Å². The third-order valence-electron chi connectivity index (χ3n) is 5.28. The molecule has 4 rings (SSSR count). The fourth-order valence-corrected chi connectivity index (χ4v) is 3.72. The molecule has 2 fully saturated rings. The molecule has 2 aliphatic rings. The maximum absolute atomic E-state index is 12.7. The number of likely N-dealkylation sites (tertiary alicyclic amines) is 1. The number of benzene rings is 1. The van der Waals surface area contributed by atoms with Crippen LogP contribution in [0.5, 0.6) is 0 Å². The summed E-state index contributed by atoms with van der Waals surface area (Å²) in [5.41, 5.74) is 1.08. The lowest BCUT2D eigenvalue weighted by Gasteiger charge is -2.42. The third-order valence-corrected chi connectivity index (χ3v) is 5.54. The Balaban J connectivity index is 1.27. The van der Waals surface area contributed by atoms with Crippen LogP contribution >= 0.6 is 11.6 Å². The lowest BCUT2D eigenvalue weighted by molar-refractivity contribution is -0.402. The molecule has 2 aliphatic heterocycles. The van der Waals surface area contributed by atoms with Crippen molar-refractivity contribution in [1.29, 1.82) is 0 Å². The number of carbonyl (C=O) groups is 2. The zero-order valence-electron chi connectivity index (χ0n) is 15.5. The summed E-state index contributed by atoms with van der Waals surface area (Å²) in [6.45, 7) is 3.30. The number of rotatable bonds is 4. The average Bonchev–Trinajstić information content (AvgIpc) is 3.18. The van der Waals surface area contributed by atoms with Crippen molar-refractivity contribution in [3.05, 3.63) is 57.3 Å². The van der Waals surface area contributed by atoms with Gasteiger partial charge in [0.25, 0.3) is 5.91 Å². The smallest absolute Gasteiger partial charge is 0.395 e. The Morgan fingerprint density at radius 3 is 2.24 bits per heavy atom. The first-order chi connectivity index (χ1) is 13.9. The molecule has 0 bridgehead atoms. The van der Waals surface area contributed by atoms with E-state index in [0.717, 1.165) is 24.8 Å². The lowest BCUT2D eigenvalue weighted by atomic mass is 9.97. The van der Waals surface area contributed by atoms with Crippen molar-refractivity contribution < 1.29 is 18.9 Å². The van der Waals surface area contributed by atoms with E-state index in [4.69, 9.17) is 16.0 Å². The van der Waals surface area contributed by atoms with Crippen molar-refractivity contribution in [2.24, 2.45) is 5.92 Å². The van der Waals surface area contributed by atoms with E-state index in [9.17, 15) is 19.7 Å². The minimum absolute atomic E-state index is 0.0373. The van der Waals surface area contributed by atoms with Crippen LogP contribution in [0.4, 0.5) is 11.6 Å². The van der Waals surface area contributed by atoms with Crippen molar-refractivity contribution in [1.82, 2.24) is 9.80 Å². The molecule has 9 nitrogen and oxygen atoms in total. The molecule has 1 aromatic carbocycles. The highest BCUT2D eigenvalue weighted by atomic mass is 35.5. The largest absolute Gasteiger partial charge is 0.433 e. The molecule has 2 saturated heterocycles. The average molecular weight is 419 g/mol. The SMILES string of the molecule is O=C(c1ccc([N+](=O)[O-])o1)N1CC(C(=O)N2CCN(c3ccc(Cl)cc3)CC2)C1. The van der Waals surface area contributed by atoms with Gasteiger partial charge in [-0.05, 0) is 30.3 Å². The molecule has 2 amide bonds. The van der Waals surface area contributed by atoms with E-state index in [1.807, 2.05) is 29.2 Å². The number of piperazine rings is 1. The van der Waals surface area contributed by atoms with Crippen LogP contribution in [0.2, 0.25) is 5.02 Å². The van der Waals surface area contributed by atoms with Gasteiger partial charge < -0.3 is 19.1 Å². The minimum Gasteiger partial charge on any atom is -0.395 e. The van der Waals surface area contributed by atoms with Crippen LogP contribution in [0.25, 0.3) is 0 Å². The second-order valence-electron chi connectivity index (χ2n) is 7.09. The molecule has 0 radical (unpaired) electrons. The monoisotopic (exact) mass is 418 g/mol. The minimum atomic E-state index is -0.692. The maximum Gasteiger partial charge on any atom is 0.433 e. The van der Waals surface area contributed by atoms with E-state index in [1.54, 1.807) is 0 Å². The zero-order chi connectivity index (χ0) is 20.5. The summed E-state index contributed by atoms with van der Waals surface area (Å²) in [7, 11) is 0. The van der Waals surface area contributed by atoms with Gasteiger partial charge >= 0.3 is 5.88 Å². The Morgan fingerprint density at radius 2 is 1.66 bits per heavy atom. The maximum atomic E-state index is 12.7. The van der Waals surface area contributed by atoms with Gasteiger partial charge in [0.2, 0.25) is 5.91 Å². The molecule has 0 atom stereocenters. The molecule has 29 heavy (non-hydrogen) atoms. The molecule has 2 aromatic rings. The van der Waals surface area contributed by atoms with Gasteiger partial charge in [0.1, 0.15) is 4.92 Å². The van der Waals surface area contributed by atoms with Gasteiger partial charge in [-0.2, -0.15) is 0 Å². The predicted molar refractivity (Wildman–Crippen MR) is 105 cm³/mol. The summed E-state index contributed by atoms with van der Waals surface area (Å²) in [6.07, 6.45) is 0. The lowest BCUT2D eigenvalue weighted by Crippen LogP contribution is -2.59. The standard InChI is InChI=1S/C19H19ClN4O5/c20-14-1-3-15(4-2-14)21-7-9-22(10-8-21)18(25)13-11-23(12-13)19(26)16-5-6-17(29-16)24(27)28/h1-6,13H,7-12H2. The molecule has 0 spiro atoms. The Bertz CT molecular complexity index is 930. The summed E-state index contributed by atoms with van der Waals surface area (Å²) in [4.78, 5) is 40.5. The van der Waals surface area contributed by atoms with Crippen LogP contribution in [-0.2, 0) is 4.79 Å². The topological polar surface area (TPSA) is 100 Å². The first-order valence-electron chi connectivity index (χ1n) is 9.25. The van der Waals surface area contributed by atoms with E-state index in [-0.39, 0.29) is 17.6 Å². The Labute approximate surface area is 171 Å². The van der Waals surface area contributed by atoms with Crippen LogP contribution in [0.15, 0.2) is 40.8 Å². The fourth-order valence-electron chi connectivity index (χ4n) is 3.59. The molecule has 10 heteroatoms. The molecule has 0 saturated carbocycles. The van der Waals surface area contributed by atoms with E-state index >= 15 is 0 Å². The van der Waals surface area contributed by atoms with Crippen LogP contribution in [-0.4, -0.2) is 65.8 Å². The first kappa shape index (κ1) is 19.3. The summed E-state index contributed by atoms with van der Waals surface area (Å²) >= 11 is 5.93. The number of halogens is 1. The number of amides is 2. The number of hydrogen-bond acceptors (Lipinski definition) is 6. The van der Waals surface area contributed by atoms with Crippen molar-refractivity contribution in [3.8, 4) is 0 Å². The molecular weight excluding hydrogens is 400 g/mol. The van der Waals surface area contributed by atoms with Crippen molar-refractivity contribution in [2.75, 3.05) is 44.2 Å². The van der Waals surface area contributed by atoms with Crippen molar-refractivity contribution >= 4 is 35.0 Å². The van der Waals surface area contributed by atoms with E-state index in [1.165, 1.54) is 11.0 Å². The second kappa shape index (κ2) is 7.75. The van der Waals surface area contributed by atoms with Gasteiger partial charge in [0.05, 0.1) is 12.0 Å². The molecule has 3 heterocycles. The second-order valence-corrected chi connectivity index (χ2v) is 7.53. The van der Waals surface area contributed by atoms with Crippen LogP contribution in [0.3, 0.4) is 0 Å². The summed E-state index contributed by atoms with van der Waals surface area (Å²) in [6, 6.07) is 10.1. The molecule has 0 N–H and O–H groups in total. The van der Waals surface area contributed by atoms with E-state index in [2.05, 4.69) is 4.90 Å². The zero-order valence-corrected chi connectivity index (χ0v) is 16.2. The molecule has 152 valence electrons. The number of furan rings is 1. The van der Waals surface area contributed by atoms with Gasteiger partial charge in [-0.25, -0.2) is 0 Å². The summed E-state index contributed by atoms with van der Waals surface area (Å²) in [5, 5.41) is 11.4. The normalized spacial score (nSPS) is 17.2. The number of nitrogens with zero attached hydrogens (tertiary/aromatic N) is 4. The highest BCUT2D eigenvalue weighted by Gasteiger charge is 2.40. The van der Waals surface area contributed by atoms with Crippen molar-refractivity contribution in [3.63, 3.8) is 0 Å². The Kier molecular flexibility index (Phi) is 5.14. The number of anilines is 1. The quantitative estimate of drug-likeness (QED) is 0.557. The molecule has 1 aromatic heterocycles. The summed E-state index contributed by atoms with van der Waals surface area (Å²) < 4.78 is 4.94. The Hall–Kier alpha value is -3.07. The number of hydrogen-bond donors (Lipinski definition) is 0. The van der Waals surface area contributed by atoms with Gasteiger partial charge in [-0.15, -0.1) is 0 Å². The molecule has 0 aliphatic carbocycles. The number of carbonyl (C=O) groups excluding carboxylic acids is 2. The number of nitro groups is 1. The first-order valence-corrected chi connectivity index (χ1v) is 9.63. The van der Waals surface area contributed by atoms with Crippen LogP contribution in [0, 0.1) is 16.0 Å². The van der Waals surface area contributed by atoms with Crippen molar-refractivity contribution in [2.45, 2.75) is 0 Å². The highest BCUT2D eigenvalue weighted by molar-refractivity contribution is 6.30. The van der Waals surface area contributed by atoms with Gasteiger partial charge in [0, 0.05) is 50.0 Å². The van der Waals surface area contributed by atoms with E-state index in [0.29, 0.717) is 31.2 Å². The fraction of sp³-hybridized carbons (Fsp3) is 0.368. The predicted octanol–water partition coefficient (Wildman–Crippen LogP) is 2.26. The van der Waals surface area contributed by atoms with Gasteiger partial charge in [-0.1, -0.05) is 11.6 Å².